The van der Waals surface area contributed by atoms with Crippen molar-refractivity contribution < 1.29 is 19.4 Å². The van der Waals surface area contributed by atoms with E-state index in [2.05, 4.69) is 9.97 Å². The largest absolute Gasteiger partial charge is 0.493 e. The van der Waals surface area contributed by atoms with Crippen LogP contribution in [0.15, 0.2) is 79.1 Å². The van der Waals surface area contributed by atoms with E-state index in [0.29, 0.717) is 42.5 Å². The second kappa shape index (κ2) is 10.1. The van der Waals surface area contributed by atoms with Gasteiger partial charge in [-0.1, -0.05) is 24.3 Å². The number of ether oxygens (including phenoxy) is 1. The zero-order valence-electron chi connectivity index (χ0n) is 20.6. The van der Waals surface area contributed by atoms with E-state index in [-0.39, 0.29) is 11.5 Å². The number of carbonyl (C=O) groups is 2. The lowest BCUT2D eigenvalue weighted by atomic mass is 10.0. The molecule has 4 aromatic rings. The topological polar surface area (TPSA) is 95.9 Å². The molecule has 2 aromatic heterocycles. The molecule has 2 aromatic carbocycles. The molecule has 3 heterocycles. The van der Waals surface area contributed by atoms with Crippen LogP contribution in [0.25, 0.3) is 11.1 Å². The fourth-order valence-corrected chi connectivity index (χ4v) is 4.42. The molecule has 0 saturated carbocycles. The number of hydrogen-bond donors (Lipinski definition) is 1. The van der Waals surface area contributed by atoms with E-state index in [0.717, 1.165) is 22.4 Å². The van der Waals surface area contributed by atoms with Gasteiger partial charge < -0.3 is 19.6 Å². The molecule has 1 aliphatic heterocycles. The first-order chi connectivity index (χ1) is 18.0. The first-order valence-electron chi connectivity index (χ1n) is 12.0. The van der Waals surface area contributed by atoms with Crippen molar-refractivity contribution in [3.8, 4) is 16.9 Å². The fourth-order valence-electron chi connectivity index (χ4n) is 4.42. The molecule has 0 spiro atoms. The van der Waals surface area contributed by atoms with E-state index < -0.39 is 5.97 Å². The van der Waals surface area contributed by atoms with Crippen molar-refractivity contribution in [1.82, 2.24) is 9.97 Å². The van der Waals surface area contributed by atoms with Gasteiger partial charge in [0.1, 0.15) is 11.6 Å². The summed E-state index contributed by atoms with van der Waals surface area (Å²) in [6, 6.07) is 20.0. The van der Waals surface area contributed by atoms with Crippen LogP contribution in [0.3, 0.4) is 0 Å². The van der Waals surface area contributed by atoms with Gasteiger partial charge in [0.15, 0.2) is 5.82 Å². The molecule has 8 heteroatoms. The molecular weight excluding hydrogens is 468 g/mol. The number of aromatic carboxylic acids is 1. The molecule has 1 N–H and O–H groups in total. The van der Waals surface area contributed by atoms with E-state index >= 15 is 0 Å². The summed E-state index contributed by atoms with van der Waals surface area (Å²) in [5, 5.41) is 9.10. The van der Waals surface area contributed by atoms with Gasteiger partial charge in [-0.3, -0.25) is 4.79 Å². The van der Waals surface area contributed by atoms with Crippen molar-refractivity contribution in [3.05, 3.63) is 95.8 Å². The van der Waals surface area contributed by atoms with Gasteiger partial charge >= 0.3 is 5.97 Å². The molecule has 37 heavy (non-hydrogen) atoms. The molecular formula is C29H26N4O4. The van der Waals surface area contributed by atoms with Crippen molar-refractivity contribution in [2.75, 3.05) is 30.0 Å². The summed E-state index contributed by atoms with van der Waals surface area (Å²) in [5.41, 5.74) is 4.27. The highest BCUT2D eigenvalue weighted by atomic mass is 16.5. The predicted molar refractivity (Wildman–Crippen MR) is 142 cm³/mol. The Balaban J connectivity index is 1.31. The fraction of sp³-hybridized carbons (Fsp3) is 0.172. The zero-order chi connectivity index (χ0) is 25.9. The van der Waals surface area contributed by atoms with Crippen LogP contribution in [-0.4, -0.2) is 47.2 Å². The van der Waals surface area contributed by atoms with Crippen molar-refractivity contribution in [3.63, 3.8) is 0 Å². The van der Waals surface area contributed by atoms with Gasteiger partial charge in [0.2, 0.25) is 0 Å². The summed E-state index contributed by atoms with van der Waals surface area (Å²) < 4.78 is 6.01. The molecule has 1 aliphatic rings. The van der Waals surface area contributed by atoms with Crippen LogP contribution in [0.4, 0.5) is 17.3 Å². The van der Waals surface area contributed by atoms with Crippen LogP contribution in [0.2, 0.25) is 0 Å². The molecule has 0 atom stereocenters. The Hall–Kier alpha value is -4.72. The van der Waals surface area contributed by atoms with Gasteiger partial charge in [0.05, 0.1) is 23.4 Å². The number of fused-ring (bicyclic) bond motifs is 2. The van der Waals surface area contributed by atoms with Crippen LogP contribution >= 0.6 is 0 Å². The second-order valence-electron chi connectivity index (χ2n) is 8.68. The Morgan fingerprint density at radius 3 is 2.54 bits per heavy atom. The maximum absolute atomic E-state index is 13.3. The molecule has 1 amide bonds. The van der Waals surface area contributed by atoms with Crippen molar-refractivity contribution in [1.29, 1.82) is 0 Å². The third-order valence-corrected chi connectivity index (χ3v) is 6.37. The predicted octanol–water partition coefficient (Wildman–Crippen LogP) is 5.21. The quantitative estimate of drug-likeness (QED) is 0.377. The lowest BCUT2D eigenvalue weighted by Crippen LogP contribution is -2.25. The molecule has 0 bridgehead atoms. The Morgan fingerprint density at radius 1 is 0.973 bits per heavy atom. The average molecular weight is 495 g/mol. The van der Waals surface area contributed by atoms with Crippen molar-refractivity contribution in [2.24, 2.45) is 0 Å². The Kier molecular flexibility index (Phi) is 6.55. The molecule has 8 nitrogen and oxygen atoms in total. The standard InChI is InChI=1S/C29H26N4O4/c1-3-33-26-24(28(34)32(2)25-8-5-14-30-27(25)33)16-19(18-31-26)13-15-37-23-7-4-6-22(17-23)20-9-11-21(12-10-20)29(35)36/h4-12,14,16-18H,3,13,15H2,1-2H3,(H,35,36). The number of benzene rings is 2. The maximum atomic E-state index is 13.3. The van der Waals surface area contributed by atoms with Crippen LogP contribution in [-0.2, 0) is 6.42 Å². The highest BCUT2D eigenvalue weighted by Crippen LogP contribution is 2.37. The number of amides is 1. The number of anilines is 3. The number of pyridine rings is 2. The second-order valence-corrected chi connectivity index (χ2v) is 8.68. The third-order valence-electron chi connectivity index (χ3n) is 6.37. The highest BCUT2D eigenvalue weighted by molar-refractivity contribution is 6.12. The monoisotopic (exact) mass is 494 g/mol. The Labute approximate surface area is 214 Å². The SMILES string of the molecule is CCN1c2ncc(CCOc3cccc(-c4ccc(C(=O)O)cc4)c3)cc2C(=O)N(C)c2cccnc21. The van der Waals surface area contributed by atoms with E-state index in [1.54, 1.807) is 48.6 Å². The lowest BCUT2D eigenvalue weighted by Gasteiger charge is -2.22. The maximum Gasteiger partial charge on any atom is 0.335 e. The highest BCUT2D eigenvalue weighted by Gasteiger charge is 2.30. The molecule has 0 saturated heterocycles. The zero-order valence-corrected chi connectivity index (χ0v) is 20.6. The van der Waals surface area contributed by atoms with Gasteiger partial charge in [-0.2, -0.15) is 0 Å². The summed E-state index contributed by atoms with van der Waals surface area (Å²) in [7, 11) is 1.75. The van der Waals surface area contributed by atoms with E-state index in [4.69, 9.17) is 9.84 Å². The summed E-state index contributed by atoms with van der Waals surface area (Å²) >= 11 is 0. The average Bonchev–Trinajstić information content (AvgIpc) is 3.01. The van der Waals surface area contributed by atoms with Gasteiger partial charge in [-0.05, 0) is 66.1 Å². The number of rotatable bonds is 7. The summed E-state index contributed by atoms with van der Waals surface area (Å²) in [6.07, 6.45) is 4.08. The molecule has 186 valence electrons. The number of aromatic nitrogens is 2. The molecule has 5 rings (SSSR count). The lowest BCUT2D eigenvalue weighted by molar-refractivity contribution is 0.0696. The molecule has 0 aliphatic carbocycles. The Bertz CT molecular complexity index is 1470. The smallest absolute Gasteiger partial charge is 0.335 e. The number of nitrogens with zero attached hydrogens (tertiary/aromatic N) is 4. The van der Waals surface area contributed by atoms with Gasteiger partial charge in [-0.15, -0.1) is 0 Å². The van der Waals surface area contributed by atoms with E-state index in [1.807, 2.05) is 54.3 Å². The van der Waals surface area contributed by atoms with Crippen LogP contribution < -0.4 is 14.5 Å². The summed E-state index contributed by atoms with van der Waals surface area (Å²) in [5.74, 6) is 0.936. The van der Waals surface area contributed by atoms with E-state index in [1.165, 1.54) is 0 Å². The summed E-state index contributed by atoms with van der Waals surface area (Å²) in [6.45, 7) is 3.05. The molecule has 0 fully saturated rings. The third kappa shape index (κ3) is 4.73. The van der Waals surface area contributed by atoms with E-state index in [9.17, 15) is 9.59 Å². The van der Waals surface area contributed by atoms with Gasteiger partial charge in [-0.25, -0.2) is 14.8 Å². The van der Waals surface area contributed by atoms with Gasteiger partial charge in [0, 0.05) is 32.4 Å². The van der Waals surface area contributed by atoms with Crippen molar-refractivity contribution in [2.45, 2.75) is 13.3 Å². The minimum Gasteiger partial charge on any atom is -0.493 e. The van der Waals surface area contributed by atoms with Crippen LogP contribution in [0, 0.1) is 0 Å². The normalized spacial score (nSPS) is 12.5. The van der Waals surface area contributed by atoms with Crippen molar-refractivity contribution >= 4 is 29.2 Å². The molecule has 0 radical (unpaired) electrons. The van der Waals surface area contributed by atoms with Crippen LogP contribution in [0.5, 0.6) is 5.75 Å². The minimum atomic E-state index is -0.951. The number of carboxylic acid groups (broad SMARTS) is 1. The summed E-state index contributed by atoms with van der Waals surface area (Å²) in [4.78, 5) is 37.1. The Morgan fingerprint density at radius 2 is 1.78 bits per heavy atom. The first-order valence-corrected chi connectivity index (χ1v) is 12.0. The minimum absolute atomic E-state index is 0.128. The van der Waals surface area contributed by atoms with Crippen LogP contribution in [0.1, 0.15) is 33.2 Å². The first kappa shape index (κ1) is 24.0. The number of carboxylic acids is 1. The number of carbonyl (C=O) groups excluding carboxylic acids is 1. The molecule has 0 unspecified atom stereocenters. The number of hydrogen-bond acceptors (Lipinski definition) is 6. The van der Waals surface area contributed by atoms with Gasteiger partial charge in [0.25, 0.3) is 5.91 Å².